The maximum atomic E-state index is 12.9. The van der Waals surface area contributed by atoms with Crippen molar-refractivity contribution in [2.45, 2.75) is 23.7 Å². The van der Waals surface area contributed by atoms with Crippen molar-refractivity contribution in [2.24, 2.45) is 0 Å². The summed E-state index contributed by atoms with van der Waals surface area (Å²) >= 11 is 6.61. The number of nitrogens with zero attached hydrogens (tertiary/aromatic N) is 2. The van der Waals surface area contributed by atoms with Crippen molar-refractivity contribution in [3.8, 4) is 11.4 Å². The summed E-state index contributed by atoms with van der Waals surface area (Å²) in [7, 11) is -3.79. The molecule has 1 heterocycles. The average Bonchev–Trinajstić information content (AvgIpc) is 3.35. The van der Waals surface area contributed by atoms with Gasteiger partial charge in [0.15, 0.2) is 5.82 Å². The summed E-state index contributed by atoms with van der Waals surface area (Å²) in [5, 5.41) is 7.21. The van der Waals surface area contributed by atoms with Crippen molar-refractivity contribution in [3.05, 3.63) is 57.2 Å². The van der Waals surface area contributed by atoms with Crippen LogP contribution in [-0.2, 0) is 10.0 Å². The number of hydrogen-bond acceptors (Lipinski definition) is 4. The molecule has 1 aliphatic carbocycles. The Labute approximate surface area is 167 Å². The number of nitrogens with one attached hydrogen (secondary N) is 2. The number of anilines is 1. The second-order valence-electron chi connectivity index (χ2n) is 6.04. The second-order valence-corrected chi connectivity index (χ2v) is 9.47. The van der Waals surface area contributed by atoms with Crippen LogP contribution in [0.25, 0.3) is 11.4 Å². The standard InChI is InChI=1S/C17H14Br2N4O2S/c18-11-7-8-13(19)15(9-11)26(24,25)23-14-4-2-1-3-12(14)17-20-16(21-22-17)10-5-6-10/h1-4,7-10,23H,5-6H2,(H,20,21,22). The van der Waals surface area contributed by atoms with Gasteiger partial charge in [-0.15, -0.1) is 0 Å². The van der Waals surface area contributed by atoms with Crippen LogP contribution in [0.4, 0.5) is 5.69 Å². The van der Waals surface area contributed by atoms with E-state index in [0.29, 0.717) is 31.9 Å². The maximum absolute atomic E-state index is 12.9. The Kier molecular flexibility index (Phi) is 4.62. The van der Waals surface area contributed by atoms with Crippen LogP contribution in [0.2, 0.25) is 0 Å². The fraction of sp³-hybridized carbons (Fsp3) is 0.176. The molecule has 6 nitrogen and oxygen atoms in total. The number of benzene rings is 2. The Bertz CT molecular complexity index is 1080. The van der Waals surface area contributed by atoms with Crippen molar-refractivity contribution in [1.82, 2.24) is 15.2 Å². The fourth-order valence-corrected chi connectivity index (χ4v) is 5.17. The Morgan fingerprint density at radius 1 is 1.12 bits per heavy atom. The highest BCUT2D eigenvalue weighted by atomic mass is 79.9. The Balaban J connectivity index is 1.71. The smallest absolute Gasteiger partial charge is 0.263 e. The molecule has 0 amide bonds. The molecule has 1 fully saturated rings. The van der Waals surface area contributed by atoms with Crippen LogP contribution in [0.5, 0.6) is 0 Å². The first-order valence-electron chi connectivity index (χ1n) is 7.93. The van der Waals surface area contributed by atoms with Crippen LogP contribution >= 0.6 is 31.9 Å². The minimum atomic E-state index is -3.79. The fourth-order valence-electron chi connectivity index (χ4n) is 2.58. The molecule has 1 aromatic heterocycles. The number of aromatic amines is 1. The van der Waals surface area contributed by atoms with Gasteiger partial charge < -0.3 is 0 Å². The van der Waals surface area contributed by atoms with Crippen molar-refractivity contribution in [3.63, 3.8) is 0 Å². The van der Waals surface area contributed by atoms with E-state index >= 15 is 0 Å². The van der Waals surface area contributed by atoms with E-state index in [1.54, 1.807) is 36.4 Å². The Morgan fingerprint density at radius 2 is 1.88 bits per heavy atom. The lowest BCUT2D eigenvalue weighted by molar-refractivity contribution is 0.600. The molecule has 1 aliphatic rings. The van der Waals surface area contributed by atoms with Crippen LogP contribution in [-0.4, -0.2) is 23.6 Å². The van der Waals surface area contributed by atoms with Gasteiger partial charge in [0.1, 0.15) is 10.7 Å². The van der Waals surface area contributed by atoms with E-state index in [4.69, 9.17) is 0 Å². The minimum Gasteiger partial charge on any atom is -0.279 e. The zero-order valence-corrected chi connectivity index (χ0v) is 17.4. The van der Waals surface area contributed by atoms with Crippen LogP contribution in [0, 0.1) is 0 Å². The lowest BCUT2D eigenvalue weighted by Crippen LogP contribution is -2.14. The number of halogens is 2. The second kappa shape index (κ2) is 6.79. The predicted octanol–water partition coefficient (Wildman–Crippen LogP) is 4.67. The highest BCUT2D eigenvalue weighted by molar-refractivity contribution is 9.11. The zero-order chi connectivity index (χ0) is 18.3. The SMILES string of the molecule is O=S(=O)(Nc1ccccc1-c1n[nH]c(C2CC2)n1)c1cc(Br)ccc1Br. The summed E-state index contributed by atoms with van der Waals surface area (Å²) in [4.78, 5) is 4.67. The molecule has 134 valence electrons. The van der Waals surface area contributed by atoms with E-state index in [0.717, 1.165) is 18.7 Å². The molecule has 0 spiro atoms. The molecule has 26 heavy (non-hydrogen) atoms. The maximum Gasteiger partial charge on any atom is 0.263 e. The van der Waals surface area contributed by atoms with Gasteiger partial charge in [0, 0.05) is 20.4 Å². The quantitative estimate of drug-likeness (QED) is 0.535. The summed E-state index contributed by atoms with van der Waals surface area (Å²) in [6.45, 7) is 0. The topological polar surface area (TPSA) is 87.7 Å². The monoisotopic (exact) mass is 496 g/mol. The first-order valence-corrected chi connectivity index (χ1v) is 11.0. The first-order chi connectivity index (χ1) is 12.4. The molecule has 0 saturated heterocycles. The molecule has 1 saturated carbocycles. The number of H-pyrrole nitrogens is 1. The van der Waals surface area contributed by atoms with E-state index in [2.05, 4.69) is 51.8 Å². The van der Waals surface area contributed by atoms with Crippen molar-refractivity contribution >= 4 is 47.6 Å². The van der Waals surface area contributed by atoms with Crippen LogP contribution in [0.15, 0.2) is 56.3 Å². The number of sulfonamides is 1. The molecule has 2 aromatic carbocycles. The van der Waals surface area contributed by atoms with E-state index in [-0.39, 0.29) is 4.90 Å². The van der Waals surface area contributed by atoms with Gasteiger partial charge >= 0.3 is 0 Å². The van der Waals surface area contributed by atoms with Crippen LogP contribution in [0.1, 0.15) is 24.6 Å². The Hall–Kier alpha value is -1.71. The highest BCUT2D eigenvalue weighted by Gasteiger charge is 2.28. The van der Waals surface area contributed by atoms with Crippen LogP contribution < -0.4 is 4.72 Å². The van der Waals surface area contributed by atoms with Gasteiger partial charge in [-0.25, -0.2) is 13.4 Å². The molecule has 0 unspecified atom stereocenters. The molecule has 0 atom stereocenters. The molecule has 2 N–H and O–H groups in total. The zero-order valence-electron chi connectivity index (χ0n) is 13.4. The van der Waals surface area contributed by atoms with Gasteiger partial charge in [-0.1, -0.05) is 28.1 Å². The molecule has 9 heteroatoms. The van der Waals surface area contributed by atoms with Gasteiger partial charge in [0.05, 0.1) is 5.69 Å². The molecule has 4 rings (SSSR count). The molecule has 0 radical (unpaired) electrons. The number of para-hydroxylation sites is 1. The largest absolute Gasteiger partial charge is 0.279 e. The lowest BCUT2D eigenvalue weighted by Gasteiger charge is -2.12. The normalized spacial score (nSPS) is 14.4. The van der Waals surface area contributed by atoms with Gasteiger partial charge in [0.25, 0.3) is 10.0 Å². The molecule has 0 aliphatic heterocycles. The van der Waals surface area contributed by atoms with Crippen molar-refractivity contribution in [2.75, 3.05) is 4.72 Å². The third-order valence-corrected chi connectivity index (χ3v) is 6.91. The van der Waals surface area contributed by atoms with Gasteiger partial charge in [-0.3, -0.25) is 9.82 Å². The summed E-state index contributed by atoms with van der Waals surface area (Å²) in [5.41, 5.74) is 1.06. The first kappa shape index (κ1) is 17.7. The van der Waals surface area contributed by atoms with Crippen LogP contribution in [0.3, 0.4) is 0 Å². The molecule has 0 bridgehead atoms. The van der Waals surface area contributed by atoms with Gasteiger partial charge in [-0.05, 0) is 59.1 Å². The number of aromatic nitrogens is 3. The summed E-state index contributed by atoms with van der Waals surface area (Å²) in [6, 6.07) is 12.1. The van der Waals surface area contributed by atoms with Gasteiger partial charge in [0.2, 0.25) is 0 Å². The van der Waals surface area contributed by atoms with E-state index in [9.17, 15) is 8.42 Å². The molecular formula is C17H14Br2N4O2S. The summed E-state index contributed by atoms with van der Waals surface area (Å²) < 4.78 is 29.6. The third-order valence-electron chi connectivity index (χ3n) is 4.06. The third kappa shape index (κ3) is 3.56. The molecular weight excluding hydrogens is 484 g/mol. The van der Waals surface area contributed by atoms with E-state index in [1.807, 2.05) is 6.07 Å². The van der Waals surface area contributed by atoms with E-state index < -0.39 is 10.0 Å². The van der Waals surface area contributed by atoms with Gasteiger partial charge in [-0.2, -0.15) is 5.10 Å². The lowest BCUT2D eigenvalue weighted by atomic mass is 10.2. The Morgan fingerprint density at radius 3 is 2.65 bits per heavy atom. The van der Waals surface area contributed by atoms with E-state index in [1.165, 1.54) is 0 Å². The molecule has 3 aromatic rings. The number of rotatable bonds is 5. The van der Waals surface area contributed by atoms with Crippen molar-refractivity contribution in [1.29, 1.82) is 0 Å². The summed E-state index contributed by atoms with van der Waals surface area (Å²) in [6.07, 6.45) is 2.22. The van der Waals surface area contributed by atoms with Crippen molar-refractivity contribution < 1.29 is 8.42 Å². The number of hydrogen-bond donors (Lipinski definition) is 2. The minimum absolute atomic E-state index is 0.148. The highest BCUT2D eigenvalue weighted by Crippen LogP contribution is 2.39. The summed E-state index contributed by atoms with van der Waals surface area (Å²) in [5.74, 6) is 1.78. The predicted molar refractivity (Wildman–Crippen MR) is 106 cm³/mol. The average molecular weight is 498 g/mol.